The number of hydrogen-bond acceptors (Lipinski definition) is 3. The van der Waals surface area contributed by atoms with Crippen molar-refractivity contribution in [2.24, 2.45) is 5.41 Å². The standard InChI is InChI=1S/C13H26N2O3/c1-8(16)9(10(17)15-13(5,6)7)14-11(18)12(2,3)4/h8-9,16H,1-7H3,(H,14,18)(H,15,17)/t8-,9+/m1/s1. The van der Waals surface area contributed by atoms with Gasteiger partial charge < -0.3 is 15.7 Å². The van der Waals surface area contributed by atoms with Crippen molar-refractivity contribution in [3.63, 3.8) is 0 Å². The van der Waals surface area contributed by atoms with Crippen LogP contribution in [0.5, 0.6) is 0 Å². The second-order valence-electron chi connectivity index (χ2n) is 6.68. The minimum Gasteiger partial charge on any atom is -0.391 e. The first kappa shape index (κ1) is 16.9. The topological polar surface area (TPSA) is 78.4 Å². The third-order valence-corrected chi connectivity index (χ3v) is 2.23. The number of rotatable bonds is 3. The molecule has 0 aliphatic carbocycles. The molecule has 0 aromatic carbocycles. The lowest BCUT2D eigenvalue weighted by atomic mass is 9.94. The number of carbonyl (C=O) groups excluding carboxylic acids is 2. The Morgan fingerprint density at radius 2 is 1.50 bits per heavy atom. The van der Waals surface area contributed by atoms with Gasteiger partial charge in [0, 0.05) is 11.0 Å². The average Bonchev–Trinajstić information content (AvgIpc) is 2.07. The molecule has 0 heterocycles. The Bertz CT molecular complexity index is 311. The smallest absolute Gasteiger partial charge is 0.245 e. The summed E-state index contributed by atoms with van der Waals surface area (Å²) in [5, 5.41) is 14.9. The van der Waals surface area contributed by atoms with Gasteiger partial charge in [-0.25, -0.2) is 0 Å². The molecule has 5 heteroatoms. The zero-order valence-electron chi connectivity index (χ0n) is 12.4. The fourth-order valence-corrected chi connectivity index (χ4v) is 1.21. The summed E-state index contributed by atoms with van der Waals surface area (Å²) in [4.78, 5) is 23.8. The predicted molar refractivity (Wildman–Crippen MR) is 71.0 cm³/mol. The van der Waals surface area contributed by atoms with Crippen LogP contribution in [-0.2, 0) is 9.59 Å². The van der Waals surface area contributed by atoms with Crippen molar-refractivity contribution in [1.29, 1.82) is 0 Å². The summed E-state index contributed by atoms with van der Waals surface area (Å²) < 4.78 is 0. The fraction of sp³-hybridized carbons (Fsp3) is 0.846. The molecule has 0 rings (SSSR count). The van der Waals surface area contributed by atoms with Gasteiger partial charge in [0.05, 0.1) is 6.10 Å². The molecule has 0 aliphatic rings. The lowest BCUT2D eigenvalue weighted by molar-refractivity contribution is -0.136. The van der Waals surface area contributed by atoms with Gasteiger partial charge >= 0.3 is 0 Å². The van der Waals surface area contributed by atoms with Crippen LogP contribution >= 0.6 is 0 Å². The maximum Gasteiger partial charge on any atom is 0.245 e. The first-order valence-corrected chi connectivity index (χ1v) is 6.15. The lowest BCUT2D eigenvalue weighted by Crippen LogP contribution is -2.57. The highest BCUT2D eigenvalue weighted by atomic mass is 16.3. The summed E-state index contributed by atoms with van der Waals surface area (Å²) in [5.74, 6) is -0.646. The maximum atomic E-state index is 12.0. The van der Waals surface area contributed by atoms with Crippen LogP contribution in [0.1, 0.15) is 48.5 Å². The molecule has 106 valence electrons. The Morgan fingerprint density at radius 3 is 1.78 bits per heavy atom. The molecule has 2 amide bonds. The molecule has 18 heavy (non-hydrogen) atoms. The minimum atomic E-state index is -0.946. The number of aliphatic hydroxyl groups excluding tert-OH is 1. The van der Waals surface area contributed by atoms with E-state index < -0.39 is 23.1 Å². The van der Waals surface area contributed by atoms with E-state index in [2.05, 4.69) is 10.6 Å². The second kappa shape index (κ2) is 5.69. The van der Waals surface area contributed by atoms with Gasteiger partial charge in [-0.05, 0) is 27.7 Å². The van der Waals surface area contributed by atoms with Crippen LogP contribution in [0.4, 0.5) is 0 Å². The van der Waals surface area contributed by atoms with Crippen molar-refractivity contribution in [2.75, 3.05) is 0 Å². The largest absolute Gasteiger partial charge is 0.391 e. The van der Waals surface area contributed by atoms with Crippen LogP contribution in [0, 0.1) is 5.41 Å². The number of aliphatic hydroxyl groups is 1. The van der Waals surface area contributed by atoms with E-state index in [1.54, 1.807) is 20.8 Å². The molecule has 0 spiro atoms. The molecule has 5 nitrogen and oxygen atoms in total. The summed E-state index contributed by atoms with van der Waals surface area (Å²) in [6.45, 7) is 12.3. The molecule has 0 aromatic heterocycles. The van der Waals surface area contributed by atoms with Crippen molar-refractivity contribution in [3.05, 3.63) is 0 Å². The van der Waals surface area contributed by atoms with E-state index in [1.807, 2.05) is 20.8 Å². The zero-order valence-corrected chi connectivity index (χ0v) is 12.4. The molecule has 0 saturated heterocycles. The quantitative estimate of drug-likeness (QED) is 0.701. The van der Waals surface area contributed by atoms with Crippen molar-refractivity contribution in [3.8, 4) is 0 Å². The molecule has 0 bridgehead atoms. The van der Waals surface area contributed by atoms with Gasteiger partial charge in [-0.15, -0.1) is 0 Å². The molecule has 0 aliphatic heterocycles. The van der Waals surface area contributed by atoms with Gasteiger partial charge in [0.1, 0.15) is 6.04 Å². The van der Waals surface area contributed by atoms with E-state index in [0.29, 0.717) is 0 Å². The summed E-state index contributed by atoms with van der Waals surface area (Å²) in [6, 6.07) is -0.934. The summed E-state index contributed by atoms with van der Waals surface area (Å²) >= 11 is 0. The third kappa shape index (κ3) is 6.00. The number of nitrogens with one attached hydrogen (secondary N) is 2. The Hall–Kier alpha value is -1.10. The van der Waals surface area contributed by atoms with Crippen molar-refractivity contribution in [2.45, 2.75) is 66.2 Å². The molecule has 2 atom stereocenters. The van der Waals surface area contributed by atoms with Crippen LogP contribution in [0.2, 0.25) is 0 Å². The van der Waals surface area contributed by atoms with Crippen LogP contribution in [-0.4, -0.2) is 34.6 Å². The van der Waals surface area contributed by atoms with E-state index >= 15 is 0 Å². The van der Waals surface area contributed by atoms with E-state index in [4.69, 9.17) is 0 Å². The van der Waals surface area contributed by atoms with Gasteiger partial charge in [0.2, 0.25) is 11.8 Å². The van der Waals surface area contributed by atoms with Crippen molar-refractivity contribution in [1.82, 2.24) is 10.6 Å². The summed E-state index contributed by atoms with van der Waals surface area (Å²) in [5.41, 5.74) is -1.01. The maximum absolute atomic E-state index is 12.0. The highest BCUT2D eigenvalue weighted by molar-refractivity contribution is 5.90. The van der Waals surface area contributed by atoms with Crippen LogP contribution in [0.3, 0.4) is 0 Å². The van der Waals surface area contributed by atoms with Gasteiger partial charge in [0.25, 0.3) is 0 Å². The molecule has 3 N–H and O–H groups in total. The SMILES string of the molecule is C[C@@H](O)[C@H](NC(=O)C(C)(C)C)C(=O)NC(C)(C)C. The zero-order chi connectivity index (χ0) is 14.7. The van der Waals surface area contributed by atoms with Crippen molar-refractivity contribution < 1.29 is 14.7 Å². The first-order chi connectivity index (χ1) is 7.84. The summed E-state index contributed by atoms with van der Waals surface area (Å²) in [7, 11) is 0. The lowest BCUT2D eigenvalue weighted by Gasteiger charge is -2.29. The van der Waals surface area contributed by atoms with Crippen LogP contribution < -0.4 is 10.6 Å². The van der Waals surface area contributed by atoms with E-state index in [9.17, 15) is 14.7 Å². The molecule has 0 radical (unpaired) electrons. The van der Waals surface area contributed by atoms with Gasteiger partial charge in [-0.3, -0.25) is 9.59 Å². The highest BCUT2D eigenvalue weighted by Crippen LogP contribution is 2.13. The Balaban J connectivity index is 4.79. The third-order valence-electron chi connectivity index (χ3n) is 2.23. The van der Waals surface area contributed by atoms with E-state index in [1.165, 1.54) is 6.92 Å². The monoisotopic (exact) mass is 258 g/mol. The number of carbonyl (C=O) groups is 2. The molecular weight excluding hydrogens is 232 g/mol. The molecule has 0 unspecified atom stereocenters. The van der Waals surface area contributed by atoms with Crippen molar-refractivity contribution >= 4 is 11.8 Å². The first-order valence-electron chi connectivity index (χ1n) is 6.15. The fourth-order valence-electron chi connectivity index (χ4n) is 1.21. The van der Waals surface area contributed by atoms with Gasteiger partial charge in [0.15, 0.2) is 0 Å². The van der Waals surface area contributed by atoms with Crippen LogP contribution in [0.25, 0.3) is 0 Å². The molecule has 0 saturated carbocycles. The van der Waals surface area contributed by atoms with Gasteiger partial charge in [-0.1, -0.05) is 20.8 Å². The Kier molecular flexibility index (Phi) is 5.35. The highest BCUT2D eigenvalue weighted by Gasteiger charge is 2.31. The number of amides is 2. The molecule has 0 aromatic rings. The van der Waals surface area contributed by atoms with Crippen LogP contribution in [0.15, 0.2) is 0 Å². The normalized spacial score (nSPS) is 15.8. The number of hydrogen-bond donors (Lipinski definition) is 3. The molecular formula is C13H26N2O3. The van der Waals surface area contributed by atoms with Gasteiger partial charge in [-0.2, -0.15) is 0 Å². The Labute approximate surface area is 109 Å². The second-order valence-corrected chi connectivity index (χ2v) is 6.68. The predicted octanol–water partition coefficient (Wildman–Crippen LogP) is 0.813. The average molecular weight is 258 g/mol. The summed E-state index contributed by atoms with van der Waals surface area (Å²) in [6.07, 6.45) is -0.946. The molecule has 0 fully saturated rings. The van der Waals surface area contributed by atoms with E-state index in [-0.39, 0.29) is 11.8 Å². The van der Waals surface area contributed by atoms with E-state index in [0.717, 1.165) is 0 Å². The Morgan fingerprint density at radius 1 is 1.06 bits per heavy atom. The minimum absolute atomic E-state index is 0.266.